The number of nitro benzene ring substituents is 1. The Kier molecular flexibility index (Phi) is 5.15. The molecule has 0 aliphatic heterocycles. The second-order valence-electron chi connectivity index (χ2n) is 6.25. The van der Waals surface area contributed by atoms with Gasteiger partial charge in [-0.2, -0.15) is 4.99 Å². The molecule has 0 bridgehead atoms. The van der Waals surface area contributed by atoms with Gasteiger partial charge in [-0.15, -0.1) is 0 Å². The molecule has 9 nitrogen and oxygen atoms in total. The van der Waals surface area contributed by atoms with Gasteiger partial charge in [-0.3, -0.25) is 19.7 Å². The predicted octanol–water partition coefficient (Wildman–Crippen LogP) is 3.66. The lowest BCUT2D eigenvalue weighted by Gasteiger charge is -2.04. The van der Waals surface area contributed by atoms with E-state index >= 15 is 0 Å². The zero-order chi connectivity index (χ0) is 21.3. The van der Waals surface area contributed by atoms with Gasteiger partial charge in [-0.25, -0.2) is 0 Å². The molecule has 4 rings (SSSR count). The summed E-state index contributed by atoms with van der Waals surface area (Å²) in [5.41, 5.74) is 0.842. The molecule has 2 aromatic heterocycles. The number of hydrogen-bond acceptors (Lipinski definition) is 7. The molecule has 0 aliphatic rings. The molecular formula is C20H15N3O6S. The Bertz CT molecular complexity index is 1330. The quantitative estimate of drug-likeness (QED) is 0.274. The Morgan fingerprint density at radius 2 is 2.03 bits per heavy atom. The van der Waals surface area contributed by atoms with Gasteiger partial charge < -0.3 is 13.7 Å². The highest BCUT2D eigenvalue weighted by molar-refractivity contribution is 7.16. The number of nitro groups is 1. The van der Waals surface area contributed by atoms with E-state index in [0.717, 1.165) is 16.7 Å². The van der Waals surface area contributed by atoms with E-state index in [4.69, 9.17) is 9.15 Å². The van der Waals surface area contributed by atoms with Gasteiger partial charge in [-0.1, -0.05) is 29.5 Å². The highest BCUT2D eigenvalue weighted by Gasteiger charge is 2.17. The van der Waals surface area contributed by atoms with Crippen LogP contribution in [-0.4, -0.2) is 28.0 Å². The molecule has 0 fully saturated rings. The second-order valence-corrected chi connectivity index (χ2v) is 7.26. The minimum atomic E-state index is -0.620. The Morgan fingerprint density at radius 1 is 1.23 bits per heavy atom. The maximum atomic E-state index is 12.7. The Balaban J connectivity index is 1.84. The molecule has 0 radical (unpaired) electrons. The Labute approximate surface area is 173 Å². The van der Waals surface area contributed by atoms with Crippen molar-refractivity contribution >= 4 is 50.1 Å². The summed E-state index contributed by atoms with van der Waals surface area (Å²) in [6.45, 7) is 1.63. The smallest absolute Gasteiger partial charge is 0.326 e. The highest BCUT2D eigenvalue weighted by Crippen LogP contribution is 2.24. The third kappa shape index (κ3) is 3.72. The van der Waals surface area contributed by atoms with Crippen LogP contribution in [0.15, 0.2) is 57.9 Å². The maximum Gasteiger partial charge on any atom is 0.326 e. The van der Waals surface area contributed by atoms with Crippen LogP contribution in [0, 0.1) is 10.1 Å². The maximum absolute atomic E-state index is 12.7. The van der Waals surface area contributed by atoms with Crippen LogP contribution in [0.3, 0.4) is 0 Å². The zero-order valence-electron chi connectivity index (χ0n) is 15.7. The van der Waals surface area contributed by atoms with Crippen LogP contribution in [0.5, 0.6) is 0 Å². The lowest BCUT2D eigenvalue weighted by Crippen LogP contribution is -2.23. The first-order valence-electron chi connectivity index (χ1n) is 8.97. The van der Waals surface area contributed by atoms with Crippen LogP contribution in [0.2, 0.25) is 0 Å². The summed E-state index contributed by atoms with van der Waals surface area (Å²) in [5.74, 6) is -1.10. The molecule has 0 saturated heterocycles. The molecule has 4 aromatic rings. The van der Waals surface area contributed by atoms with E-state index in [1.54, 1.807) is 31.2 Å². The van der Waals surface area contributed by atoms with Crippen LogP contribution in [-0.2, 0) is 16.1 Å². The average molecular weight is 425 g/mol. The molecular weight excluding hydrogens is 410 g/mol. The number of rotatable bonds is 5. The van der Waals surface area contributed by atoms with E-state index in [1.165, 1.54) is 16.7 Å². The van der Waals surface area contributed by atoms with E-state index in [9.17, 15) is 19.7 Å². The first-order valence-corrected chi connectivity index (χ1v) is 9.79. The first kappa shape index (κ1) is 19.5. The number of aromatic nitrogens is 1. The van der Waals surface area contributed by atoms with Crippen LogP contribution < -0.4 is 4.80 Å². The molecule has 0 aliphatic carbocycles. The van der Waals surface area contributed by atoms with Gasteiger partial charge in [0.2, 0.25) is 0 Å². The van der Waals surface area contributed by atoms with Crippen LogP contribution in [0.25, 0.3) is 21.2 Å². The van der Waals surface area contributed by atoms with Gasteiger partial charge in [0, 0.05) is 17.5 Å². The number of para-hydroxylation sites is 1. The van der Waals surface area contributed by atoms with E-state index in [2.05, 4.69) is 4.99 Å². The number of hydrogen-bond donors (Lipinski definition) is 0. The molecule has 0 N–H and O–H groups in total. The number of nitrogens with zero attached hydrogens (tertiary/aromatic N) is 3. The lowest BCUT2D eigenvalue weighted by molar-refractivity contribution is -0.384. The summed E-state index contributed by atoms with van der Waals surface area (Å²) < 4.78 is 12.6. The summed E-state index contributed by atoms with van der Waals surface area (Å²) in [5, 5.41) is 11.9. The number of thiazole rings is 1. The second kappa shape index (κ2) is 7.91. The van der Waals surface area contributed by atoms with Crippen molar-refractivity contribution in [3.63, 3.8) is 0 Å². The number of furan rings is 1. The molecule has 2 aromatic carbocycles. The SMILES string of the molecule is CCOC(=O)Cn1c(=NC(=O)c2cc3ccccc3o2)sc2ccc([N+](=O)[O-])cc21. The van der Waals surface area contributed by atoms with Crippen molar-refractivity contribution in [1.29, 1.82) is 0 Å². The number of amides is 1. The fraction of sp³-hybridized carbons (Fsp3) is 0.150. The predicted molar refractivity (Wildman–Crippen MR) is 109 cm³/mol. The Morgan fingerprint density at radius 3 is 2.77 bits per heavy atom. The lowest BCUT2D eigenvalue weighted by atomic mass is 10.2. The molecule has 2 heterocycles. The molecule has 1 amide bonds. The third-order valence-corrected chi connectivity index (χ3v) is 5.36. The molecule has 0 saturated carbocycles. The summed E-state index contributed by atoms with van der Waals surface area (Å²) in [4.78, 5) is 39.7. The van der Waals surface area contributed by atoms with Crippen molar-refractivity contribution in [3.8, 4) is 0 Å². The average Bonchev–Trinajstić information content (AvgIpc) is 3.29. The van der Waals surface area contributed by atoms with Gasteiger partial charge in [0.15, 0.2) is 10.6 Å². The standard InChI is InChI=1S/C20H15N3O6S/c1-2-28-18(24)11-22-14-10-13(23(26)27)7-8-17(14)30-20(22)21-19(25)16-9-12-5-3-4-6-15(12)29-16/h3-10H,2,11H2,1H3. The van der Waals surface area contributed by atoms with Crippen molar-refractivity contribution in [2.75, 3.05) is 6.61 Å². The van der Waals surface area contributed by atoms with E-state index in [-0.39, 0.29) is 29.4 Å². The van der Waals surface area contributed by atoms with E-state index in [1.807, 2.05) is 12.1 Å². The molecule has 30 heavy (non-hydrogen) atoms. The fourth-order valence-electron chi connectivity index (χ4n) is 2.97. The zero-order valence-corrected chi connectivity index (χ0v) is 16.5. The summed E-state index contributed by atoms with van der Waals surface area (Å²) >= 11 is 1.14. The highest BCUT2D eigenvalue weighted by atomic mass is 32.1. The normalized spacial score (nSPS) is 11.8. The number of esters is 1. The van der Waals surface area contributed by atoms with Gasteiger partial charge >= 0.3 is 11.9 Å². The number of carbonyl (C=O) groups excluding carboxylic acids is 2. The van der Waals surface area contributed by atoms with Gasteiger partial charge in [0.25, 0.3) is 5.69 Å². The summed E-state index contributed by atoms with van der Waals surface area (Å²) in [7, 11) is 0. The fourth-order valence-corrected chi connectivity index (χ4v) is 3.98. The van der Waals surface area contributed by atoms with Crippen molar-refractivity contribution in [1.82, 2.24) is 4.57 Å². The van der Waals surface area contributed by atoms with Crippen molar-refractivity contribution < 1.29 is 23.7 Å². The number of carbonyl (C=O) groups is 2. The topological polar surface area (TPSA) is 117 Å². The number of benzene rings is 2. The summed E-state index contributed by atoms with van der Waals surface area (Å²) in [6, 6.07) is 13.0. The van der Waals surface area contributed by atoms with E-state index in [0.29, 0.717) is 15.8 Å². The monoisotopic (exact) mass is 425 g/mol. The summed E-state index contributed by atoms with van der Waals surface area (Å²) in [6.07, 6.45) is 0. The number of fused-ring (bicyclic) bond motifs is 2. The molecule has 0 spiro atoms. The molecule has 10 heteroatoms. The largest absolute Gasteiger partial charge is 0.465 e. The first-order chi connectivity index (χ1) is 14.5. The molecule has 0 unspecified atom stereocenters. The van der Waals surface area contributed by atoms with Crippen LogP contribution >= 0.6 is 11.3 Å². The molecule has 0 atom stereocenters. The number of ether oxygens (including phenoxy) is 1. The van der Waals surface area contributed by atoms with Gasteiger partial charge in [0.1, 0.15) is 12.1 Å². The van der Waals surface area contributed by atoms with Crippen molar-refractivity contribution in [2.24, 2.45) is 4.99 Å². The molecule has 152 valence electrons. The number of non-ortho nitro benzene ring substituents is 1. The van der Waals surface area contributed by atoms with E-state index < -0.39 is 16.8 Å². The van der Waals surface area contributed by atoms with Gasteiger partial charge in [0.05, 0.1) is 21.7 Å². The third-order valence-electron chi connectivity index (χ3n) is 4.30. The minimum absolute atomic E-state index is 0.0577. The van der Waals surface area contributed by atoms with Crippen LogP contribution in [0.4, 0.5) is 5.69 Å². The Hall–Kier alpha value is -3.79. The van der Waals surface area contributed by atoms with Crippen molar-refractivity contribution in [3.05, 3.63) is 69.2 Å². The van der Waals surface area contributed by atoms with Gasteiger partial charge in [-0.05, 0) is 25.1 Å². The minimum Gasteiger partial charge on any atom is -0.465 e. The van der Waals surface area contributed by atoms with Crippen LogP contribution in [0.1, 0.15) is 17.5 Å². The van der Waals surface area contributed by atoms with Crippen molar-refractivity contribution in [2.45, 2.75) is 13.5 Å².